The Balaban J connectivity index is 2.16. The highest BCUT2D eigenvalue weighted by Crippen LogP contribution is 2.33. The molecule has 0 aromatic rings. The zero-order chi connectivity index (χ0) is 15.6. The van der Waals surface area contributed by atoms with Crippen LogP contribution in [0.2, 0.25) is 0 Å². The fourth-order valence-corrected chi connectivity index (χ4v) is 3.78. The van der Waals surface area contributed by atoms with Gasteiger partial charge in [-0.3, -0.25) is 9.59 Å². The van der Waals surface area contributed by atoms with Gasteiger partial charge in [0.05, 0.1) is 0 Å². The molecule has 5 unspecified atom stereocenters. The first-order valence-electron chi connectivity index (χ1n) is 8.60. The summed E-state index contributed by atoms with van der Waals surface area (Å²) in [5, 5.41) is 2.95. The second kappa shape index (κ2) is 6.80. The van der Waals surface area contributed by atoms with Crippen LogP contribution in [0.3, 0.4) is 0 Å². The van der Waals surface area contributed by atoms with Gasteiger partial charge >= 0.3 is 0 Å². The molecule has 2 rings (SSSR count). The van der Waals surface area contributed by atoms with Gasteiger partial charge in [-0.15, -0.1) is 0 Å². The molecule has 1 aliphatic carbocycles. The van der Waals surface area contributed by atoms with Gasteiger partial charge < -0.3 is 10.2 Å². The third kappa shape index (κ3) is 3.24. The lowest BCUT2D eigenvalue weighted by Gasteiger charge is -2.42. The third-order valence-electron chi connectivity index (χ3n) is 5.60. The summed E-state index contributed by atoms with van der Waals surface area (Å²) in [6.45, 7) is 9.15. The Bertz CT molecular complexity index is 396. The van der Waals surface area contributed by atoms with Crippen molar-refractivity contribution in [2.45, 2.75) is 71.9 Å². The Morgan fingerprint density at radius 2 is 2.00 bits per heavy atom. The first kappa shape index (κ1) is 16.3. The van der Waals surface area contributed by atoms with Crippen molar-refractivity contribution in [3.63, 3.8) is 0 Å². The number of nitrogens with one attached hydrogen (secondary N) is 1. The second-order valence-electron chi connectivity index (χ2n) is 6.95. The van der Waals surface area contributed by atoms with Gasteiger partial charge in [0.1, 0.15) is 12.1 Å². The molecule has 0 aromatic heterocycles. The molecule has 2 fully saturated rings. The molecular formula is C17H30N2O2. The van der Waals surface area contributed by atoms with Gasteiger partial charge in [0.25, 0.3) is 0 Å². The summed E-state index contributed by atoms with van der Waals surface area (Å²) >= 11 is 0. The predicted molar refractivity (Wildman–Crippen MR) is 83.7 cm³/mol. The first-order valence-corrected chi connectivity index (χ1v) is 8.60. The molecule has 0 spiro atoms. The highest BCUT2D eigenvalue weighted by atomic mass is 16.2. The van der Waals surface area contributed by atoms with Crippen molar-refractivity contribution in [2.24, 2.45) is 17.8 Å². The van der Waals surface area contributed by atoms with Crippen LogP contribution in [0, 0.1) is 17.8 Å². The zero-order valence-electron chi connectivity index (χ0n) is 13.9. The molecule has 4 nitrogen and oxygen atoms in total. The fraction of sp³-hybridized carbons (Fsp3) is 0.882. The van der Waals surface area contributed by atoms with Gasteiger partial charge in [0, 0.05) is 6.54 Å². The second-order valence-corrected chi connectivity index (χ2v) is 6.95. The van der Waals surface area contributed by atoms with Crippen molar-refractivity contribution in [3.8, 4) is 0 Å². The number of amides is 2. The summed E-state index contributed by atoms with van der Waals surface area (Å²) in [6, 6.07) is -0.604. The maximum atomic E-state index is 12.8. The van der Waals surface area contributed by atoms with E-state index in [9.17, 15) is 9.59 Å². The minimum Gasteiger partial charge on any atom is -0.342 e. The van der Waals surface area contributed by atoms with Crippen LogP contribution in [-0.2, 0) is 9.59 Å². The van der Waals surface area contributed by atoms with Gasteiger partial charge in [-0.1, -0.05) is 47.0 Å². The molecule has 0 bridgehead atoms. The van der Waals surface area contributed by atoms with Crippen molar-refractivity contribution in [1.82, 2.24) is 10.2 Å². The van der Waals surface area contributed by atoms with E-state index < -0.39 is 0 Å². The van der Waals surface area contributed by atoms with Gasteiger partial charge in [-0.05, 0) is 30.6 Å². The first-order chi connectivity index (χ1) is 9.99. The average Bonchev–Trinajstić information content (AvgIpc) is 2.87. The number of hydrogen-bond acceptors (Lipinski definition) is 2. The SMILES string of the molecule is CCC(C)C1NC(=O)C(CC)N(CC2CCCC2C)C1=O. The quantitative estimate of drug-likeness (QED) is 0.847. The molecule has 0 radical (unpaired) electrons. The largest absolute Gasteiger partial charge is 0.342 e. The van der Waals surface area contributed by atoms with Crippen LogP contribution >= 0.6 is 0 Å². The topological polar surface area (TPSA) is 49.4 Å². The van der Waals surface area contributed by atoms with E-state index in [2.05, 4.69) is 19.2 Å². The number of carbonyl (C=O) groups is 2. The number of rotatable bonds is 5. The van der Waals surface area contributed by atoms with Crippen molar-refractivity contribution in [1.29, 1.82) is 0 Å². The van der Waals surface area contributed by atoms with E-state index in [0.29, 0.717) is 18.3 Å². The molecule has 1 aliphatic heterocycles. The molecule has 1 N–H and O–H groups in total. The Hall–Kier alpha value is -1.06. The standard InChI is InChI=1S/C17H30N2O2/c1-5-11(3)15-17(21)19(14(6-2)16(20)18-15)10-13-9-7-8-12(13)4/h11-15H,5-10H2,1-4H3,(H,18,20). The van der Waals surface area contributed by atoms with Crippen molar-refractivity contribution in [2.75, 3.05) is 6.54 Å². The molecular weight excluding hydrogens is 264 g/mol. The Kier molecular flexibility index (Phi) is 5.28. The lowest BCUT2D eigenvalue weighted by Crippen LogP contribution is -2.65. The summed E-state index contributed by atoms with van der Waals surface area (Å²) in [6.07, 6.45) is 5.31. The number of carbonyl (C=O) groups excluding carboxylic acids is 2. The normalized spacial score (nSPS) is 35.0. The van der Waals surface area contributed by atoms with Crippen LogP contribution in [0.1, 0.15) is 59.8 Å². The lowest BCUT2D eigenvalue weighted by atomic mass is 9.91. The summed E-state index contributed by atoms with van der Waals surface area (Å²) in [5.41, 5.74) is 0. The van der Waals surface area contributed by atoms with Crippen molar-refractivity contribution < 1.29 is 9.59 Å². The van der Waals surface area contributed by atoms with E-state index in [1.165, 1.54) is 19.3 Å². The van der Waals surface area contributed by atoms with Crippen LogP contribution in [0.15, 0.2) is 0 Å². The summed E-state index contributed by atoms with van der Waals surface area (Å²) in [5.74, 6) is 1.60. The summed E-state index contributed by atoms with van der Waals surface area (Å²) in [7, 11) is 0. The van der Waals surface area contributed by atoms with Crippen LogP contribution in [0.25, 0.3) is 0 Å². The lowest BCUT2D eigenvalue weighted by molar-refractivity contribution is -0.151. The maximum absolute atomic E-state index is 12.8. The Labute approximate surface area is 128 Å². The summed E-state index contributed by atoms with van der Waals surface area (Å²) < 4.78 is 0. The molecule has 2 amide bonds. The van der Waals surface area contributed by atoms with E-state index in [-0.39, 0.29) is 29.8 Å². The number of nitrogens with zero attached hydrogens (tertiary/aromatic N) is 1. The van der Waals surface area contributed by atoms with Crippen LogP contribution < -0.4 is 5.32 Å². The van der Waals surface area contributed by atoms with Crippen LogP contribution in [-0.4, -0.2) is 35.3 Å². The van der Waals surface area contributed by atoms with E-state index >= 15 is 0 Å². The maximum Gasteiger partial charge on any atom is 0.246 e. The van der Waals surface area contributed by atoms with E-state index in [1.807, 2.05) is 18.7 Å². The van der Waals surface area contributed by atoms with Crippen molar-refractivity contribution in [3.05, 3.63) is 0 Å². The number of hydrogen-bond donors (Lipinski definition) is 1. The minimum atomic E-state index is -0.331. The zero-order valence-corrected chi connectivity index (χ0v) is 13.9. The molecule has 4 heteroatoms. The molecule has 0 aromatic carbocycles. The minimum absolute atomic E-state index is 0.0352. The monoisotopic (exact) mass is 294 g/mol. The predicted octanol–water partition coefficient (Wildman–Crippen LogP) is 2.57. The molecule has 1 heterocycles. The van der Waals surface area contributed by atoms with Gasteiger partial charge in [-0.25, -0.2) is 0 Å². The summed E-state index contributed by atoms with van der Waals surface area (Å²) in [4.78, 5) is 27.1. The molecule has 1 saturated carbocycles. The van der Waals surface area contributed by atoms with Crippen LogP contribution in [0.4, 0.5) is 0 Å². The van der Waals surface area contributed by atoms with Crippen LogP contribution in [0.5, 0.6) is 0 Å². The fourth-order valence-electron chi connectivity index (χ4n) is 3.78. The highest BCUT2D eigenvalue weighted by molar-refractivity contribution is 5.97. The van der Waals surface area contributed by atoms with Crippen molar-refractivity contribution >= 4 is 11.8 Å². The third-order valence-corrected chi connectivity index (χ3v) is 5.60. The Morgan fingerprint density at radius 1 is 1.29 bits per heavy atom. The molecule has 2 aliphatic rings. The van der Waals surface area contributed by atoms with Gasteiger partial charge in [0.15, 0.2) is 0 Å². The highest BCUT2D eigenvalue weighted by Gasteiger charge is 2.42. The van der Waals surface area contributed by atoms with E-state index in [1.54, 1.807) is 0 Å². The molecule has 1 saturated heterocycles. The molecule has 21 heavy (non-hydrogen) atoms. The van der Waals surface area contributed by atoms with E-state index in [0.717, 1.165) is 13.0 Å². The molecule has 5 atom stereocenters. The smallest absolute Gasteiger partial charge is 0.246 e. The molecule has 120 valence electrons. The van der Waals surface area contributed by atoms with Gasteiger partial charge in [-0.2, -0.15) is 0 Å². The van der Waals surface area contributed by atoms with E-state index in [4.69, 9.17) is 0 Å². The number of piperazine rings is 1. The average molecular weight is 294 g/mol. The van der Waals surface area contributed by atoms with Gasteiger partial charge in [0.2, 0.25) is 11.8 Å². The Morgan fingerprint density at radius 3 is 2.52 bits per heavy atom.